The molecule has 2 fully saturated rings. The highest BCUT2D eigenvalue weighted by molar-refractivity contribution is 7.99. The van der Waals surface area contributed by atoms with Crippen molar-refractivity contribution < 1.29 is 14.3 Å². The number of hydrogen-bond acceptors (Lipinski definition) is 5. The molecule has 0 aromatic carbocycles. The number of carbonyl (C=O) groups excluding carboxylic acids is 2. The van der Waals surface area contributed by atoms with Gasteiger partial charge < -0.3 is 15.0 Å². The summed E-state index contributed by atoms with van der Waals surface area (Å²) in [6.45, 7) is 3.52. The van der Waals surface area contributed by atoms with Gasteiger partial charge in [-0.1, -0.05) is 0 Å². The van der Waals surface area contributed by atoms with Gasteiger partial charge in [0.2, 0.25) is 5.91 Å². The van der Waals surface area contributed by atoms with E-state index in [1.807, 2.05) is 0 Å². The minimum absolute atomic E-state index is 0.0616. The third-order valence-corrected chi connectivity index (χ3v) is 4.38. The lowest BCUT2D eigenvalue weighted by atomic mass is 10.2. The monoisotopic (exact) mass is 286 g/mol. The Bertz CT molecular complexity index is 334. The van der Waals surface area contributed by atoms with Gasteiger partial charge in [0.25, 0.3) is 0 Å². The average Bonchev–Trinajstić information content (AvgIpc) is 3.23. The molecule has 6 heteroatoms. The first-order chi connectivity index (χ1) is 9.22. The van der Waals surface area contributed by atoms with Crippen LogP contribution in [0.15, 0.2) is 0 Å². The Hall–Kier alpha value is -0.750. The summed E-state index contributed by atoms with van der Waals surface area (Å²) in [7, 11) is 0. The van der Waals surface area contributed by atoms with Crippen LogP contribution in [0.3, 0.4) is 0 Å². The van der Waals surface area contributed by atoms with Crippen molar-refractivity contribution in [2.24, 2.45) is 0 Å². The summed E-state index contributed by atoms with van der Waals surface area (Å²) in [6, 6.07) is 0.220. The van der Waals surface area contributed by atoms with Gasteiger partial charge in [0.1, 0.15) is 6.04 Å². The average molecular weight is 286 g/mol. The zero-order chi connectivity index (χ0) is 13.7. The summed E-state index contributed by atoms with van der Waals surface area (Å²) in [5, 5.41) is 3.33. The van der Waals surface area contributed by atoms with Crippen molar-refractivity contribution in [2.45, 2.75) is 38.3 Å². The van der Waals surface area contributed by atoms with Crippen LogP contribution in [0.1, 0.15) is 26.2 Å². The number of esters is 1. The second-order valence-electron chi connectivity index (χ2n) is 4.91. The van der Waals surface area contributed by atoms with Crippen LogP contribution in [0.4, 0.5) is 0 Å². The standard InChI is InChI=1S/C13H22N2O3S/c1-2-18-13(17)11-9-19-8-7-15(11)12(16)5-6-14-10-3-4-10/h10-11,14H,2-9H2,1H3. The van der Waals surface area contributed by atoms with Crippen molar-refractivity contribution in [3.8, 4) is 0 Å². The SMILES string of the molecule is CCOC(=O)C1CSCCN1C(=O)CCNC1CC1. The van der Waals surface area contributed by atoms with E-state index in [1.54, 1.807) is 23.6 Å². The van der Waals surface area contributed by atoms with Gasteiger partial charge in [-0.25, -0.2) is 4.79 Å². The summed E-state index contributed by atoms with van der Waals surface area (Å²) in [4.78, 5) is 25.7. The number of amides is 1. The normalized spacial score (nSPS) is 23.2. The number of nitrogens with one attached hydrogen (secondary N) is 1. The van der Waals surface area contributed by atoms with E-state index in [-0.39, 0.29) is 11.9 Å². The Kier molecular flexibility index (Phi) is 5.51. The fourth-order valence-electron chi connectivity index (χ4n) is 2.15. The maximum atomic E-state index is 12.2. The maximum absolute atomic E-state index is 12.2. The lowest BCUT2D eigenvalue weighted by Crippen LogP contribution is -2.51. The molecule has 0 aromatic heterocycles. The Balaban J connectivity index is 1.82. The van der Waals surface area contributed by atoms with Crippen molar-refractivity contribution in [3.05, 3.63) is 0 Å². The first kappa shape index (κ1) is 14.7. The summed E-state index contributed by atoms with van der Waals surface area (Å²) in [6.07, 6.45) is 2.91. The zero-order valence-electron chi connectivity index (χ0n) is 11.4. The molecule has 5 nitrogen and oxygen atoms in total. The highest BCUT2D eigenvalue weighted by atomic mass is 32.2. The molecule has 1 atom stereocenters. The first-order valence-corrected chi connectivity index (χ1v) is 8.15. The molecule has 108 valence electrons. The lowest BCUT2D eigenvalue weighted by molar-refractivity contribution is -0.153. The minimum atomic E-state index is -0.396. The quantitative estimate of drug-likeness (QED) is 0.726. The molecule has 1 aliphatic carbocycles. The second kappa shape index (κ2) is 7.14. The van der Waals surface area contributed by atoms with Crippen molar-refractivity contribution in [1.82, 2.24) is 10.2 Å². The summed E-state index contributed by atoms with van der Waals surface area (Å²) in [5.74, 6) is 1.35. The molecule has 1 aliphatic heterocycles. The van der Waals surface area contributed by atoms with Gasteiger partial charge >= 0.3 is 5.97 Å². The number of carbonyl (C=O) groups is 2. The number of hydrogen-bond donors (Lipinski definition) is 1. The van der Waals surface area contributed by atoms with Crippen LogP contribution in [0, 0.1) is 0 Å². The fourth-order valence-corrected chi connectivity index (χ4v) is 3.18. The van der Waals surface area contributed by atoms with Crippen LogP contribution < -0.4 is 5.32 Å². The Labute approximate surface area is 118 Å². The first-order valence-electron chi connectivity index (χ1n) is 6.99. The smallest absolute Gasteiger partial charge is 0.329 e. The van der Waals surface area contributed by atoms with Crippen LogP contribution in [-0.2, 0) is 14.3 Å². The molecule has 1 unspecified atom stereocenters. The van der Waals surface area contributed by atoms with Crippen LogP contribution in [0.25, 0.3) is 0 Å². The number of ether oxygens (including phenoxy) is 1. The van der Waals surface area contributed by atoms with E-state index in [4.69, 9.17) is 4.74 Å². The van der Waals surface area contributed by atoms with Crippen LogP contribution in [0.5, 0.6) is 0 Å². The van der Waals surface area contributed by atoms with Gasteiger partial charge in [0.05, 0.1) is 6.61 Å². The second-order valence-corrected chi connectivity index (χ2v) is 6.06. The topological polar surface area (TPSA) is 58.6 Å². The number of nitrogens with zero attached hydrogens (tertiary/aromatic N) is 1. The molecule has 1 heterocycles. The van der Waals surface area contributed by atoms with Crippen LogP contribution >= 0.6 is 11.8 Å². The summed E-state index contributed by atoms with van der Waals surface area (Å²) < 4.78 is 5.05. The molecule has 1 N–H and O–H groups in total. The van der Waals surface area contributed by atoms with Gasteiger partial charge in [-0.15, -0.1) is 0 Å². The van der Waals surface area contributed by atoms with Gasteiger partial charge in [-0.2, -0.15) is 11.8 Å². The molecule has 0 aromatic rings. The van der Waals surface area contributed by atoms with E-state index >= 15 is 0 Å². The molecule has 1 saturated heterocycles. The fraction of sp³-hybridized carbons (Fsp3) is 0.846. The molecule has 2 aliphatic rings. The molecule has 1 saturated carbocycles. The minimum Gasteiger partial charge on any atom is -0.464 e. The predicted octanol–water partition coefficient (Wildman–Crippen LogP) is 0.636. The Morgan fingerprint density at radius 1 is 1.42 bits per heavy atom. The molecule has 19 heavy (non-hydrogen) atoms. The highest BCUT2D eigenvalue weighted by Crippen LogP contribution is 2.20. The van der Waals surface area contributed by atoms with Crippen molar-refractivity contribution in [2.75, 3.05) is 31.2 Å². The molecule has 2 rings (SSSR count). The Morgan fingerprint density at radius 3 is 2.89 bits per heavy atom. The van der Waals surface area contributed by atoms with Gasteiger partial charge in [-0.05, 0) is 19.8 Å². The van der Waals surface area contributed by atoms with E-state index in [2.05, 4.69) is 5.32 Å². The van der Waals surface area contributed by atoms with Gasteiger partial charge in [-0.3, -0.25) is 4.79 Å². The van der Waals surface area contributed by atoms with E-state index in [0.29, 0.717) is 37.9 Å². The highest BCUT2D eigenvalue weighted by Gasteiger charge is 2.33. The number of thioether (sulfide) groups is 1. The molecular weight excluding hydrogens is 264 g/mol. The largest absolute Gasteiger partial charge is 0.464 e. The Morgan fingerprint density at radius 2 is 2.21 bits per heavy atom. The molecule has 1 amide bonds. The maximum Gasteiger partial charge on any atom is 0.329 e. The van der Waals surface area contributed by atoms with Crippen molar-refractivity contribution in [3.63, 3.8) is 0 Å². The van der Waals surface area contributed by atoms with Gasteiger partial charge in [0.15, 0.2) is 0 Å². The van der Waals surface area contributed by atoms with Gasteiger partial charge in [0, 0.05) is 37.1 Å². The molecule has 0 radical (unpaired) electrons. The zero-order valence-corrected chi connectivity index (χ0v) is 12.2. The summed E-state index contributed by atoms with van der Waals surface area (Å²) >= 11 is 1.71. The molecular formula is C13H22N2O3S. The van der Waals surface area contributed by atoms with Crippen molar-refractivity contribution >= 4 is 23.6 Å². The predicted molar refractivity (Wildman–Crippen MR) is 75.1 cm³/mol. The third-order valence-electron chi connectivity index (χ3n) is 3.36. The summed E-state index contributed by atoms with van der Waals surface area (Å²) in [5.41, 5.74) is 0. The lowest BCUT2D eigenvalue weighted by Gasteiger charge is -2.33. The third kappa shape index (κ3) is 4.38. The molecule has 0 spiro atoms. The van der Waals surface area contributed by atoms with E-state index in [1.165, 1.54) is 12.8 Å². The number of rotatable bonds is 6. The van der Waals surface area contributed by atoms with E-state index in [0.717, 1.165) is 5.75 Å². The van der Waals surface area contributed by atoms with E-state index in [9.17, 15) is 9.59 Å². The van der Waals surface area contributed by atoms with Crippen LogP contribution in [0.2, 0.25) is 0 Å². The van der Waals surface area contributed by atoms with Crippen LogP contribution in [-0.4, -0.2) is 60.1 Å². The van der Waals surface area contributed by atoms with Crippen molar-refractivity contribution in [1.29, 1.82) is 0 Å². The van der Waals surface area contributed by atoms with E-state index < -0.39 is 6.04 Å². The molecule has 0 bridgehead atoms.